The lowest BCUT2D eigenvalue weighted by Crippen LogP contribution is -2.39. The van der Waals surface area contributed by atoms with Crippen molar-refractivity contribution >= 4 is 27.7 Å². The zero-order valence-corrected chi connectivity index (χ0v) is 14.8. The predicted octanol–water partition coefficient (Wildman–Crippen LogP) is 2.86. The monoisotopic (exact) mass is 389 g/mol. The average Bonchev–Trinajstić information content (AvgIpc) is 3.00. The van der Waals surface area contributed by atoms with Crippen LogP contribution in [-0.4, -0.2) is 30.3 Å². The van der Waals surface area contributed by atoms with Gasteiger partial charge in [-0.2, -0.15) is 5.26 Å². The zero-order valence-electron chi connectivity index (χ0n) is 13.2. The molecular formula is C17H16BrN3O3. The number of carbonyl (C=O) groups excluding carboxylic acids is 2. The summed E-state index contributed by atoms with van der Waals surface area (Å²) >= 11 is 3.13. The largest absolute Gasteiger partial charge is 0.444 e. The number of nitriles is 1. The highest BCUT2D eigenvalue weighted by Crippen LogP contribution is 2.16. The normalized spacial score (nSPS) is 11.4. The number of nitrogens with one attached hydrogen (secondary N) is 1. The maximum atomic E-state index is 12.1. The van der Waals surface area contributed by atoms with Gasteiger partial charge in [0.1, 0.15) is 0 Å². The van der Waals surface area contributed by atoms with E-state index in [1.165, 1.54) is 11.9 Å². The Morgan fingerprint density at radius 1 is 1.29 bits per heavy atom. The van der Waals surface area contributed by atoms with Gasteiger partial charge in [-0.05, 0) is 52.7 Å². The first kappa shape index (κ1) is 17.8. The van der Waals surface area contributed by atoms with Crippen LogP contribution in [0.5, 0.6) is 0 Å². The molecule has 2 aromatic rings. The number of hydrogen-bond donors (Lipinski definition) is 1. The molecule has 1 N–H and O–H groups in total. The number of likely N-dealkylation sites (N-methyl/N-ethyl adjacent to an activating group) is 1. The number of rotatable bonds is 5. The Morgan fingerprint density at radius 3 is 2.50 bits per heavy atom. The summed E-state index contributed by atoms with van der Waals surface area (Å²) in [4.78, 5) is 25.5. The molecule has 7 heteroatoms. The van der Waals surface area contributed by atoms with Crippen LogP contribution in [0.4, 0.5) is 0 Å². The lowest BCUT2D eigenvalue weighted by atomic mass is 10.1. The summed E-state index contributed by atoms with van der Waals surface area (Å²) in [6, 6.07) is 12.0. The van der Waals surface area contributed by atoms with E-state index >= 15 is 0 Å². The molecule has 2 amide bonds. The van der Waals surface area contributed by atoms with Gasteiger partial charge in [-0.15, -0.1) is 0 Å². The minimum atomic E-state index is -0.373. The molecule has 2 rings (SSSR count). The molecule has 1 heterocycles. The van der Waals surface area contributed by atoms with Gasteiger partial charge in [0.05, 0.1) is 24.2 Å². The van der Waals surface area contributed by atoms with Crippen LogP contribution in [0.3, 0.4) is 0 Å². The van der Waals surface area contributed by atoms with Gasteiger partial charge in [0, 0.05) is 7.05 Å². The molecule has 6 nitrogen and oxygen atoms in total. The number of carbonyl (C=O) groups is 2. The summed E-state index contributed by atoms with van der Waals surface area (Å²) in [5, 5.41) is 11.6. The van der Waals surface area contributed by atoms with Crippen molar-refractivity contribution in [2.75, 3.05) is 13.6 Å². The lowest BCUT2D eigenvalue weighted by Gasteiger charge is -2.18. The predicted molar refractivity (Wildman–Crippen MR) is 91.1 cm³/mol. The SMILES string of the molecule is CC(NC(=O)CN(C)C(=O)c1ccc(Br)o1)c1ccc(C#N)cc1. The third-order valence-corrected chi connectivity index (χ3v) is 3.85. The van der Waals surface area contributed by atoms with E-state index in [9.17, 15) is 9.59 Å². The molecule has 0 aliphatic heterocycles. The van der Waals surface area contributed by atoms with Crippen molar-refractivity contribution < 1.29 is 14.0 Å². The molecule has 0 bridgehead atoms. The molecule has 1 unspecified atom stereocenters. The van der Waals surface area contributed by atoms with Gasteiger partial charge in [-0.25, -0.2) is 0 Å². The molecule has 124 valence electrons. The van der Waals surface area contributed by atoms with Crippen molar-refractivity contribution in [1.82, 2.24) is 10.2 Å². The minimum absolute atomic E-state index is 0.0855. The first-order chi connectivity index (χ1) is 11.4. The van der Waals surface area contributed by atoms with Crippen molar-refractivity contribution in [2.24, 2.45) is 0 Å². The highest BCUT2D eigenvalue weighted by Gasteiger charge is 2.19. The van der Waals surface area contributed by atoms with Crippen LogP contribution in [0.25, 0.3) is 0 Å². The number of benzene rings is 1. The van der Waals surface area contributed by atoms with E-state index in [4.69, 9.17) is 9.68 Å². The Morgan fingerprint density at radius 2 is 1.96 bits per heavy atom. The van der Waals surface area contributed by atoms with Crippen LogP contribution in [-0.2, 0) is 4.79 Å². The van der Waals surface area contributed by atoms with E-state index in [1.807, 2.05) is 13.0 Å². The molecule has 1 aromatic carbocycles. The Bertz CT molecular complexity index is 777. The van der Waals surface area contributed by atoms with Crippen LogP contribution >= 0.6 is 15.9 Å². The average molecular weight is 390 g/mol. The van der Waals surface area contributed by atoms with Crippen molar-refractivity contribution in [3.05, 3.63) is 58.0 Å². The number of nitrogens with zero attached hydrogens (tertiary/aromatic N) is 2. The number of furan rings is 1. The second-order valence-electron chi connectivity index (χ2n) is 5.29. The van der Waals surface area contributed by atoms with Crippen molar-refractivity contribution in [1.29, 1.82) is 5.26 Å². The quantitative estimate of drug-likeness (QED) is 0.851. The summed E-state index contributed by atoms with van der Waals surface area (Å²) in [5.74, 6) is -0.493. The second-order valence-corrected chi connectivity index (χ2v) is 6.07. The highest BCUT2D eigenvalue weighted by molar-refractivity contribution is 9.10. The van der Waals surface area contributed by atoms with Crippen LogP contribution in [0.1, 0.15) is 34.6 Å². The standard InChI is InChI=1S/C17H16BrN3O3/c1-11(13-5-3-12(9-19)4-6-13)20-16(22)10-21(2)17(23)14-7-8-15(18)24-14/h3-8,11H,10H2,1-2H3,(H,20,22). The third kappa shape index (κ3) is 4.46. The maximum absolute atomic E-state index is 12.1. The Kier molecular flexibility index (Phi) is 5.77. The van der Waals surface area contributed by atoms with Gasteiger partial charge in [0.25, 0.3) is 5.91 Å². The third-order valence-electron chi connectivity index (χ3n) is 3.43. The van der Waals surface area contributed by atoms with Crippen LogP contribution in [0, 0.1) is 11.3 Å². The molecule has 0 saturated carbocycles. The zero-order chi connectivity index (χ0) is 17.7. The minimum Gasteiger partial charge on any atom is -0.444 e. The smallest absolute Gasteiger partial charge is 0.289 e. The Balaban J connectivity index is 1.91. The molecular weight excluding hydrogens is 374 g/mol. The summed E-state index contributed by atoms with van der Waals surface area (Å²) < 4.78 is 5.64. The van der Waals surface area contributed by atoms with Crippen molar-refractivity contribution in [3.8, 4) is 6.07 Å². The highest BCUT2D eigenvalue weighted by atomic mass is 79.9. The van der Waals surface area contributed by atoms with Gasteiger partial charge < -0.3 is 14.6 Å². The first-order valence-electron chi connectivity index (χ1n) is 7.21. The second kappa shape index (κ2) is 7.79. The summed E-state index contributed by atoms with van der Waals surface area (Å²) in [5.41, 5.74) is 1.44. The van der Waals surface area contributed by atoms with Crippen LogP contribution in [0.2, 0.25) is 0 Å². The van der Waals surface area contributed by atoms with E-state index in [1.54, 1.807) is 36.4 Å². The van der Waals surface area contributed by atoms with Crippen molar-refractivity contribution in [2.45, 2.75) is 13.0 Å². The molecule has 1 aromatic heterocycles. The molecule has 0 aliphatic rings. The molecule has 0 spiro atoms. The Hall–Kier alpha value is -2.59. The van der Waals surface area contributed by atoms with Gasteiger partial charge in [-0.3, -0.25) is 9.59 Å². The van der Waals surface area contributed by atoms with Gasteiger partial charge in [0.2, 0.25) is 5.91 Å². The van der Waals surface area contributed by atoms with Gasteiger partial charge in [0.15, 0.2) is 10.4 Å². The summed E-state index contributed by atoms with van der Waals surface area (Å²) in [6.45, 7) is 1.75. The van der Waals surface area contributed by atoms with Crippen LogP contribution < -0.4 is 5.32 Å². The fraction of sp³-hybridized carbons (Fsp3) is 0.235. The maximum Gasteiger partial charge on any atom is 0.289 e. The topological polar surface area (TPSA) is 86.3 Å². The van der Waals surface area contributed by atoms with E-state index in [0.29, 0.717) is 10.2 Å². The fourth-order valence-electron chi connectivity index (χ4n) is 2.12. The Labute approximate surface area is 148 Å². The summed E-state index contributed by atoms with van der Waals surface area (Å²) in [7, 11) is 1.53. The van der Waals surface area contributed by atoms with Gasteiger partial charge >= 0.3 is 0 Å². The van der Waals surface area contributed by atoms with Crippen molar-refractivity contribution in [3.63, 3.8) is 0 Å². The lowest BCUT2D eigenvalue weighted by molar-refractivity contribution is -0.122. The van der Waals surface area contributed by atoms with Crippen LogP contribution in [0.15, 0.2) is 45.5 Å². The fourth-order valence-corrected chi connectivity index (χ4v) is 2.43. The van der Waals surface area contributed by atoms with E-state index in [-0.39, 0.29) is 30.2 Å². The number of halogens is 1. The van der Waals surface area contributed by atoms with E-state index < -0.39 is 0 Å². The summed E-state index contributed by atoms with van der Waals surface area (Å²) in [6.07, 6.45) is 0. The molecule has 24 heavy (non-hydrogen) atoms. The number of amides is 2. The molecule has 0 aliphatic carbocycles. The number of hydrogen-bond acceptors (Lipinski definition) is 4. The molecule has 0 saturated heterocycles. The molecule has 1 atom stereocenters. The molecule has 0 fully saturated rings. The first-order valence-corrected chi connectivity index (χ1v) is 8.00. The van der Waals surface area contributed by atoms with E-state index in [2.05, 4.69) is 21.2 Å². The van der Waals surface area contributed by atoms with Gasteiger partial charge in [-0.1, -0.05) is 12.1 Å². The molecule has 0 radical (unpaired) electrons. The van der Waals surface area contributed by atoms with E-state index in [0.717, 1.165) is 5.56 Å².